The second kappa shape index (κ2) is 9.05. The molecule has 2 aromatic rings. The summed E-state index contributed by atoms with van der Waals surface area (Å²) in [4.78, 5) is 11.8. The van der Waals surface area contributed by atoms with Crippen LogP contribution in [0, 0.1) is 0 Å². The normalized spacial score (nSPS) is 10.0. The van der Waals surface area contributed by atoms with Gasteiger partial charge in [-0.05, 0) is 59.3 Å². The molecule has 0 saturated heterocycles. The highest BCUT2D eigenvalue weighted by Crippen LogP contribution is 2.21. The standard InChI is InChI=1S/C17H19BrN2O3/c1-2-22-13-7-9-14(10-8-13)23-12-11-19-17(21)20-16-6-4-3-5-15(16)18/h3-10H,2,11-12H2,1H3,(H2,19,20,21). The molecule has 0 radical (unpaired) electrons. The van der Waals surface area contributed by atoms with Gasteiger partial charge in [-0.3, -0.25) is 0 Å². The minimum Gasteiger partial charge on any atom is -0.494 e. The molecular weight excluding hydrogens is 360 g/mol. The Bertz CT molecular complexity index is 632. The van der Waals surface area contributed by atoms with Crippen molar-refractivity contribution in [3.8, 4) is 11.5 Å². The lowest BCUT2D eigenvalue weighted by Gasteiger charge is -2.10. The van der Waals surface area contributed by atoms with Gasteiger partial charge in [-0.2, -0.15) is 0 Å². The van der Waals surface area contributed by atoms with Crippen LogP contribution in [0.1, 0.15) is 6.92 Å². The third-order valence-corrected chi connectivity index (χ3v) is 3.60. The minimum atomic E-state index is -0.271. The maximum absolute atomic E-state index is 11.8. The Labute approximate surface area is 144 Å². The highest BCUT2D eigenvalue weighted by atomic mass is 79.9. The first-order valence-electron chi connectivity index (χ1n) is 7.34. The number of halogens is 1. The Hall–Kier alpha value is -2.21. The Morgan fingerprint density at radius 3 is 2.35 bits per heavy atom. The zero-order chi connectivity index (χ0) is 16.5. The number of rotatable bonds is 7. The van der Waals surface area contributed by atoms with Crippen molar-refractivity contribution >= 4 is 27.6 Å². The highest BCUT2D eigenvalue weighted by Gasteiger charge is 2.04. The number of urea groups is 1. The van der Waals surface area contributed by atoms with E-state index in [2.05, 4.69) is 26.6 Å². The first kappa shape index (κ1) is 17.1. The number of para-hydroxylation sites is 1. The summed E-state index contributed by atoms with van der Waals surface area (Å²) in [6, 6.07) is 14.5. The SMILES string of the molecule is CCOc1ccc(OCCNC(=O)Nc2ccccc2Br)cc1. The molecule has 0 saturated carbocycles. The van der Waals surface area contributed by atoms with E-state index in [1.54, 1.807) is 0 Å². The van der Waals surface area contributed by atoms with Gasteiger partial charge in [-0.25, -0.2) is 4.79 Å². The summed E-state index contributed by atoms with van der Waals surface area (Å²) >= 11 is 3.38. The van der Waals surface area contributed by atoms with E-state index in [4.69, 9.17) is 9.47 Å². The predicted molar refractivity (Wildman–Crippen MR) is 94.3 cm³/mol. The second-order valence-electron chi connectivity index (χ2n) is 4.61. The van der Waals surface area contributed by atoms with Gasteiger partial charge in [0.2, 0.25) is 0 Å². The van der Waals surface area contributed by atoms with E-state index in [1.165, 1.54) is 0 Å². The maximum Gasteiger partial charge on any atom is 0.319 e. The fourth-order valence-corrected chi connectivity index (χ4v) is 2.25. The van der Waals surface area contributed by atoms with Gasteiger partial charge in [0, 0.05) is 4.47 Å². The first-order chi connectivity index (χ1) is 11.2. The highest BCUT2D eigenvalue weighted by molar-refractivity contribution is 9.10. The summed E-state index contributed by atoms with van der Waals surface area (Å²) in [6.45, 7) is 3.37. The molecule has 0 aromatic heterocycles. The summed E-state index contributed by atoms with van der Waals surface area (Å²) in [7, 11) is 0. The molecule has 23 heavy (non-hydrogen) atoms. The second-order valence-corrected chi connectivity index (χ2v) is 5.47. The molecule has 2 rings (SSSR count). The molecule has 0 fully saturated rings. The molecule has 2 N–H and O–H groups in total. The Kier molecular flexibility index (Phi) is 6.75. The molecule has 0 bridgehead atoms. The van der Waals surface area contributed by atoms with Crippen molar-refractivity contribution in [2.24, 2.45) is 0 Å². The van der Waals surface area contributed by atoms with Gasteiger partial charge in [-0.1, -0.05) is 12.1 Å². The van der Waals surface area contributed by atoms with Crippen LogP contribution in [0.3, 0.4) is 0 Å². The van der Waals surface area contributed by atoms with Gasteiger partial charge in [0.25, 0.3) is 0 Å². The molecule has 6 heteroatoms. The Balaban J connectivity index is 1.68. The van der Waals surface area contributed by atoms with E-state index >= 15 is 0 Å². The summed E-state index contributed by atoms with van der Waals surface area (Å²) < 4.78 is 11.7. The zero-order valence-corrected chi connectivity index (χ0v) is 14.4. The number of anilines is 1. The number of ether oxygens (including phenoxy) is 2. The van der Waals surface area contributed by atoms with Crippen molar-refractivity contribution in [3.05, 3.63) is 53.0 Å². The number of amides is 2. The molecule has 0 aliphatic heterocycles. The summed E-state index contributed by atoms with van der Waals surface area (Å²) in [5.41, 5.74) is 0.720. The fourth-order valence-electron chi connectivity index (χ4n) is 1.86. The molecule has 0 atom stereocenters. The number of nitrogens with one attached hydrogen (secondary N) is 2. The van der Waals surface area contributed by atoms with Gasteiger partial charge in [0.05, 0.1) is 18.8 Å². The van der Waals surface area contributed by atoms with Crippen molar-refractivity contribution < 1.29 is 14.3 Å². The van der Waals surface area contributed by atoms with Crippen LogP contribution in [0.4, 0.5) is 10.5 Å². The molecule has 0 spiro atoms. The van der Waals surface area contributed by atoms with Gasteiger partial charge < -0.3 is 20.1 Å². The van der Waals surface area contributed by atoms with Crippen LogP contribution in [0.25, 0.3) is 0 Å². The van der Waals surface area contributed by atoms with Crippen LogP contribution < -0.4 is 20.1 Å². The smallest absolute Gasteiger partial charge is 0.319 e. The lowest BCUT2D eigenvalue weighted by Crippen LogP contribution is -2.32. The Morgan fingerprint density at radius 1 is 1.04 bits per heavy atom. The average molecular weight is 379 g/mol. The topological polar surface area (TPSA) is 59.6 Å². The minimum absolute atomic E-state index is 0.271. The zero-order valence-electron chi connectivity index (χ0n) is 12.8. The van der Waals surface area contributed by atoms with Crippen LogP contribution in [-0.2, 0) is 0 Å². The first-order valence-corrected chi connectivity index (χ1v) is 8.13. The van der Waals surface area contributed by atoms with Crippen molar-refractivity contribution in [2.75, 3.05) is 25.1 Å². The summed E-state index contributed by atoms with van der Waals surface area (Å²) in [6.07, 6.45) is 0. The van der Waals surface area contributed by atoms with Crippen molar-refractivity contribution in [1.82, 2.24) is 5.32 Å². The molecule has 0 unspecified atom stereocenters. The average Bonchev–Trinajstić information content (AvgIpc) is 2.55. The van der Waals surface area contributed by atoms with Crippen LogP contribution in [0.15, 0.2) is 53.0 Å². The molecule has 5 nitrogen and oxygen atoms in total. The third kappa shape index (κ3) is 5.83. The number of carbonyl (C=O) groups is 1. The van der Waals surface area contributed by atoms with Crippen LogP contribution in [-0.4, -0.2) is 25.8 Å². The van der Waals surface area contributed by atoms with Gasteiger partial charge in [0.1, 0.15) is 18.1 Å². The van der Waals surface area contributed by atoms with Crippen LogP contribution >= 0.6 is 15.9 Å². The molecule has 0 aliphatic rings. The van der Waals surface area contributed by atoms with E-state index < -0.39 is 0 Å². The van der Waals surface area contributed by atoms with Crippen LogP contribution in [0.2, 0.25) is 0 Å². The van der Waals surface area contributed by atoms with E-state index in [-0.39, 0.29) is 6.03 Å². The van der Waals surface area contributed by atoms with Crippen molar-refractivity contribution in [1.29, 1.82) is 0 Å². The quantitative estimate of drug-likeness (QED) is 0.714. The molecule has 0 aliphatic carbocycles. The van der Waals surface area contributed by atoms with Crippen LogP contribution in [0.5, 0.6) is 11.5 Å². The number of carbonyl (C=O) groups excluding carboxylic acids is 1. The molecular formula is C17H19BrN2O3. The monoisotopic (exact) mass is 378 g/mol. The maximum atomic E-state index is 11.8. The lowest BCUT2D eigenvalue weighted by atomic mass is 10.3. The number of benzene rings is 2. The van der Waals surface area contributed by atoms with E-state index in [0.717, 1.165) is 21.7 Å². The van der Waals surface area contributed by atoms with Crippen molar-refractivity contribution in [3.63, 3.8) is 0 Å². The number of hydrogen-bond acceptors (Lipinski definition) is 3. The Morgan fingerprint density at radius 2 is 1.70 bits per heavy atom. The fraction of sp³-hybridized carbons (Fsp3) is 0.235. The molecule has 0 heterocycles. The largest absolute Gasteiger partial charge is 0.494 e. The van der Waals surface area contributed by atoms with Gasteiger partial charge in [-0.15, -0.1) is 0 Å². The van der Waals surface area contributed by atoms with Gasteiger partial charge in [0.15, 0.2) is 0 Å². The number of hydrogen-bond donors (Lipinski definition) is 2. The summed E-state index contributed by atoms with van der Waals surface area (Å²) in [5.74, 6) is 1.55. The van der Waals surface area contributed by atoms with Gasteiger partial charge >= 0.3 is 6.03 Å². The molecule has 122 valence electrons. The van der Waals surface area contributed by atoms with Crippen molar-refractivity contribution in [2.45, 2.75) is 6.92 Å². The summed E-state index contributed by atoms with van der Waals surface area (Å²) in [5, 5.41) is 5.50. The lowest BCUT2D eigenvalue weighted by molar-refractivity contribution is 0.247. The molecule has 2 amide bonds. The molecule has 2 aromatic carbocycles. The van der Waals surface area contributed by atoms with E-state index in [0.29, 0.717) is 19.8 Å². The third-order valence-electron chi connectivity index (χ3n) is 2.91. The van der Waals surface area contributed by atoms with E-state index in [1.807, 2.05) is 55.5 Å². The van der Waals surface area contributed by atoms with E-state index in [9.17, 15) is 4.79 Å². The predicted octanol–water partition coefficient (Wildman–Crippen LogP) is 4.05.